The quantitative estimate of drug-likeness (QED) is 0.832. The molecular formula is C17H25Cl2N3O2. The molecule has 134 valence electrons. The molecule has 0 aliphatic carbocycles. The van der Waals surface area contributed by atoms with Crippen molar-refractivity contribution in [2.45, 2.75) is 38.8 Å². The van der Waals surface area contributed by atoms with Gasteiger partial charge in [-0.15, -0.1) is 12.4 Å². The molecule has 5 nitrogen and oxygen atoms in total. The first-order valence-electron chi connectivity index (χ1n) is 8.03. The minimum atomic E-state index is -0.534. The largest absolute Gasteiger partial charge is 0.340 e. The number of carbonyl (C=O) groups excluding carboxylic acids is 2. The van der Waals surface area contributed by atoms with Gasteiger partial charge in [-0.05, 0) is 36.6 Å². The smallest absolute Gasteiger partial charge is 0.251 e. The molecule has 3 N–H and O–H groups in total. The van der Waals surface area contributed by atoms with Crippen molar-refractivity contribution in [3.8, 4) is 0 Å². The second-order valence-corrected chi connectivity index (χ2v) is 6.61. The van der Waals surface area contributed by atoms with E-state index in [0.717, 1.165) is 12.8 Å². The van der Waals surface area contributed by atoms with E-state index in [1.807, 2.05) is 13.8 Å². The molecule has 2 rings (SSSR count). The van der Waals surface area contributed by atoms with Gasteiger partial charge in [0.15, 0.2) is 0 Å². The predicted octanol–water partition coefficient (Wildman–Crippen LogP) is 2.47. The SMILES string of the molecule is CCC(C)C(NC(=O)c1ccc(Cl)cc1)C(=O)N1CC[C@@H](N)C1.Cl. The van der Waals surface area contributed by atoms with Gasteiger partial charge in [-0.25, -0.2) is 0 Å². The van der Waals surface area contributed by atoms with Gasteiger partial charge in [0.2, 0.25) is 5.91 Å². The Kier molecular flexibility index (Phi) is 8.00. The van der Waals surface area contributed by atoms with E-state index in [4.69, 9.17) is 17.3 Å². The Morgan fingerprint density at radius 1 is 1.38 bits per heavy atom. The molecular weight excluding hydrogens is 349 g/mol. The number of rotatable bonds is 5. The zero-order valence-electron chi connectivity index (χ0n) is 14.0. The summed E-state index contributed by atoms with van der Waals surface area (Å²) in [7, 11) is 0. The lowest BCUT2D eigenvalue weighted by Gasteiger charge is -2.28. The fourth-order valence-corrected chi connectivity index (χ4v) is 2.82. The van der Waals surface area contributed by atoms with Crippen LogP contribution >= 0.6 is 24.0 Å². The monoisotopic (exact) mass is 373 g/mol. The summed E-state index contributed by atoms with van der Waals surface area (Å²) in [5.41, 5.74) is 6.38. The lowest BCUT2D eigenvalue weighted by Crippen LogP contribution is -2.51. The zero-order valence-corrected chi connectivity index (χ0v) is 15.6. The van der Waals surface area contributed by atoms with Gasteiger partial charge in [0, 0.05) is 29.7 Å². The molecule has 0 radical (unpaired) electrons. The highest BCUT2D eigenvalue weighted by molar-refractivity contribution is 6.30. The van der Waals surface area contributed by atoms with Gasteiger partial charge in [0.25, 0.3) is 5.91 Å². The summed E-state index contributed by atoms with van der Waals surface area (Å²) in [6.07, 6.45) is 1.61. The first-order valence-corrected chi connectivity index (χ1v) is 8.41. The van der Waals surface area contributed by atoms with Crippen LogP contribution in [0.4, 0.5) is 0 Å². The fourth-order valence-electron chi connectivity index (χ4n) is 2.69. The summed E-state index contributed by atoms with van der Waals surface area (Å²) < 4.78 is 0. The fraction of sp³-hybridized carbons (Fsp3) is 0.529. The van der Waals surface area contributed by atoms with Crippen molar-refractivity contribution >= 4 is 35.8 Å². The molecule has 7 heteroatoms. The molecule has 1 fully saturated rings. The van der Waals surface area contributed by atoms with Crippen LogP contribution in [-0.2, 0) is 4.79 Å². The van der Waals surface area contributed by atoms with Gasteiger partial charge in [0.1, 0.15) is 6.04 Å². The van der Waals surface area contributed by atoms with Crippen LogP contribution in [0.5, 0.6) is 0 Å². The number of hydrogen-bond donors (Lipinski definition) is 2. The molecule has 1 aromatic rings. The minimum Gasteiger partial charge on any atom is -0.340 e. The molecule has 1 heterocycles. The number of amides is 2. The molecule has 0 bridgehead atoms. The normalized spacial score (nSPS) is 19.3. The number of likely N-dealkylation sites (tertiary alicyclic amines) is 1. The number of nitrogens with one attached hydrogen (secondary N) is 1. The van der Waals surface area contributed by atoms with E-state index in [1.165, 1.54) is 0 Å². The average molecular weight is 374 g/mol. The van der Waals surface area contributed by atoms with Gasteiger partial charge >= 0.3 is 0 Å². The number of nitrogens with zero attached hydrogens (tertiary/aromatic N) is 1. The van der Waals surface area contributed by atoms with Crippen LogP contribution in [0.15, 0.2) is 24.3 Å². The molecule has 3 atom stereocenters. The van der Waals surface area contributed by atoms with E-state index in [9.17, 15) is 9.59 Å². The van der Waals surface area contributed by atoms with Crippen LogP contribution in [0.2, 0.25) is 5.02 Å². The molecule has 2 amide bonds. The summed E-state index contributed by atoms with van der Waals surface area (Å²) >= 11 is 5.84. The van der Waals surface area contributed by atoms with Crippen molar-refractivity contribution in [2.24, 2.45) is 11.7 Å². The second-order valence-electron chi connectivity index (χ2n) is 6.18. The molecule has 1 aliphatic heterocycles. The lowest BCUT2D eigenvalue weighted by atomic mass is 9.97. The van der Waals surface area contributed by atoms with E-state index < -0.39 is 6.04 Å². The molecule has 0 spiro atoms. The summed E-state index contributed by atoms with van der Waals surface area (Å²) in [6, 6.07) is 6.13. The van der Waals surface area contributed by atoms with Gasteiger partial charge < -0.3 is 16.0 Å². The molecule has 0 aromatic heterocycles. The topological polar surface area (TPSA) is 75.4 Å². The Morgan fingerprint density at radius 2 is 2.00 bits per heavy atom. The molecule has 0 saturated carbocycles. The Labute approximate surface area is 154 Å². The van der Waals surface area contributed by atoms with Crippen molar-refractivity contribution in [2.75, 3.05) is 13.1 Å². The van der Waals surface area contributed by atoms with Crippen molar-refractivity contribution in [1.29, 1.82) is 0 Å². The molecule has 1 saturated heterocycles. The number of carbonyl (C=O) groups is 2. The van der Waals surface area contributed by atoms with Crippen LogP contribution in [0.1, 0.15) is 37.0 Å². The van der Waals surface area contributed by atoms with E-state index in [2.05, 4.69) is 5.32 Å². The Morgan fingerprint density at radius 3 is 2.50 bits per heavy atom. The zero-order chi connectivity index (χ0) is 17.0. The van der Waals surface area contributed by atoms with Gasteiger partial charge in [-0.1, -0.05) is 31.9 Å². The Hall–Kier alpha value is -1.30. The number of nitrogens with two attached hydrogens (primary N) is 1. The standard InChI is InChI=1S/C17H24ClN3O2.ClH/c1-3-11(2)15(17(23)21-9-8-14(19)10-21)20-16(22)12-4-6-13(18)7-5-12;/h4-7,11,14-15H,3,8-10,19H2,1-2H3,(H,20,22);1H/t11?,14-,15?;/m1./s1. The first-order chi connectivity index (χ1) is 10.9. The van der Waals surface area contributed by atoms with Crippen LogP contribution in [0, 0.1) is 5.92 Å². The minimum absolute atomic E-state index is 0. The summed E-state index contributed by atoms with van der Waals surface area (Å²) in [4.78, 5) is 26.9. The highest BCUT2D eigenvalue weighted by Gasteiger charge is 2.33. The molecule has 24 heavy (non-hydrogen) atoms. The van der Waals surface area contributed by atoms with Crippen molar-refractivity contribution in [3.63, 3.8) is 0 Å². The third-order valence-electron chi connectivity index (χ3n) is 4.41. The van der Waals surface area contributed by atoms with Crippen LogP contribution in [0.25, 0.3) is 0 Å². The first kappa shape index (κ1) is 20.7. The Bertz CT molecular complexity index is 565. The van der Waals surface area contributed by atoms with E-state index in [1.54, 1.807) is 29.2 Å². The summed E-state index contributed by atoms with van der Waals surface area (Å²) in [5.74, 6) is -0.256. The maximum Gasteiger partial charge on any atom is 0.251 e. The lowest BCUT2D eigenvalue weighted by molar-refractivity contribution is -0.133. The van der Waals surface area contributed by atoms with Crippen LogP contribution < -0.4 is 11.1 Å². The van der Waals surface area contributed by atoms with Crippen molar-refractivity contribution in [1.82, 2.24) is 10.2 Å². The molecule has 2 unspecified atom stereocenters. The van der Waals surface area contributed by atoms with Gasteiger partial charge in [-0.2, -0.15) is 0 Å². The number of benzene rings is 1. The van der Waals surface area contributed by atoms with Crippen LogP contribution in [0.3, 0.4) is 0 Å². The maximum atomic E-state index is 12.7. The van der Waals surface area contributed by atoms with E-state index >= 15 is 0 Å². The van der Waals surface area contributed by atoms with E-state index in [0.29, 0.717) is 23.7 Å². The van der Waals surface area contributed by atoms with Crippen LogP contribution in [-0.4, -0.2) is 41.9 Å². The van der Waals surface area contributed by atoms with Crippen molar-refractivity contribution < 1.29 is 9.59 Å². The predicted molar refractivity (Wildman–Crippen MR) is 98.6 cm³/mol. The Balaban J connectivity index is 0.00000288. The average Bonchev–Trinajstić information content (AvgIpc) is 2.98. The number of hydrogen-bond acceptors (Lipinski definition) is 3. The van der Waals surface area contributed by atoms with Gasteiger partial charge in [-0.3, -0.25) is 9.59 Å². The third kappa shape index (κ3) is 5.10. The molecule has 1 aromatic carbocycles. The molecule has 1 aliphatic rings. The second kappa shape index (κ2) is 9.25. The van der Waals surface area contributed by atoms with E-state index in [-0.39, 0.29) is 36.2 Å². The maximum absolute atomic E-state index is 12.7. The third-order valence-corrected chi connectivity index (χ3v) is 4.66. The highest BCUT2D eigenvalue weighted by atomic mass is 35.5. The van der Waals surface area contributed by atoms with Gasteiger partial charge in [0.05, 0.1) is 0 Å². The summed E-state index contributed by atoms with van der Waals surface area (Å²) in [5, 5.41) is 3.45. The summed E-state index contributed by atoms with van der Waals surface area (Å²) in [6.45, 7) is 5.20. The number of halogens is 2. The van der Waals surface area contributed by atoms with Crippen molar-refractivity contribution in [3.05, 3.63) is 34.9 Å². The highest BCUT2D eigenvalue weighted by Crippen LogP contribution is 2.16.